The standard InChI is InChI=1S/C32H32N2O7/c1-4-39-32(37)26-19(2)41-31-24-11-6-5-10-23(24)30(36)28(27(26)31)29(34-14-15-35)21-12-13-33-25(17-21)40-18-20-8-7-9-22(16-20)38-3/h5-13,16-17,29,34-36H,4,14-15,18H2,1-3H3. The first-order valence-corrected chi connectivity index (χ1v) is 13.4. The molecule has 0 saturated carbocycles. The summed E-state index contributed by atoms with van der Waals surface area (Å²) in [6.07, 6.45) is 1.62. The molecule has 0 aliphatic rings. The monoisotopic (exact) mass is 556 g/mol. The average molecular weight is 557 g/mol. The number of nitrogens with zero attached hydrogens (tertiary/aromatic N) is 1. The minimum atomic E-state index is -0.665. The molecule has 2 heterocycles. The zero-order valence-electron chi connectivity index (χ0n) is 23.1. The molecule has 3 aromatic carbocycles. The van der Waals surface area contributed by atoms with E-state index in [1.54, 1.807) is 45.4 Å². The number of aromatic nitrogens is 1. The SMILES string of the molecule is CCOC(=O)c1c(C)oc2c1c(C(NCCO)c1ccnc(OCc3cccc(OC)c3)c1)c(O)c1ccccc12. The highest BCUT2D eigenvalue weighted by Gasteiger charge is 2.31. The van der Waals surface area contributed by atoms with E-state index >= 15 is 0 Å². The number of methoxy groups -OCH3 is 1. The fourth-order valence-electron chi connectivity index (χ4n) is 5.07. The lowest BCUT2D eigenvalue weighted by Gasteiger charge is -2.23. The number of esters is 1. The van der Waals surface area contributed by atoms with Gasteiger partial charge in [0.1, 0.15) is 35.0 Å². The van der Waals surface area contributed by atoms with Crippen molar-refractivity contribution in [3.63, 3.8) is 0 Å². The topological polar surface area (TPSA) is 123 Å². The number of aromatic hydroxyl groups is 1. The number of aliphatic hydroxyl groups excluding tert-OH is 1. The van der Waals surface area contributed by atoms with E-state index < -0.39 is 12.0 Å². The molecule has 2 aromatic heterocycles. The summed E-state index contributed by atoms with van der Waals surface area (Å²) >= 11 is 0. The summed E-state index contributed by atoms with van der Waals surface area (Å²) in [5.41, 5.74) is 2.76. The second-order valence-electron chi connectivity index (χ2n) is 9.44. The number of ether oxygens (including phenoxy) is 3. The van der Waals surface area contributed by atoms with E-state index in [0.29, 0.717) is 44.5 Å². The van der Waals surface area contributed by atoms with Crippen LogP contribution in [-0.2, 0) is 11.3 Å². The van der Waals surface area contributed by atoms with Crippen LogP contribution >= 0.6 is 0 Å². The van der Waals surface area contributed by atoms with Gasteiger partial charge in [-0.2, -0.15) is 0 Å². The zero-order valence-corrected chi connectivity index (χ0v) is 23.1. The fraction of sp³-hybridized carbons (Fsp3) is 0.250. The quantitative estimate of drug-likeness (QED) is 0.183. The Kier molecular flexibility index (Phi) is 8.37. The first kappa shape index (κ1) is 27.9. The summed E-state index contributed by atoms with van der Waals surface area (Å²) in [5, 5.41) is 26.5. The maximum Gasteiger partial charge on any atom is 0.342 e. The predicted octanol–water partition coefficient (Wildman–Crippen LogP) is 5.43. The van der Waals surface area contributed by atoms with Crippen LogP contribution in [-0.4, -0.2) is 48.0 Å². The number of phenols is 1. The fourth-order valence-corrected chi connectivity index (χ4v) is 5.07. The van der Waals surface area contributed by atoms with Crippen molar-refractivity contribution in [1.29, 1.82) is 0 Å². The smallest absolute Gasteiger partial charge is 0.342 e. The van der Waals surface area contributed by atoms with Crippen LogP contribution in [0.4, 0.5) is 0 Å². The summed E-state index contributed by atoms with van der Waals surface area (Å²) in [4.78, 5) is 17.5. The first-order valence-electron chi connectivity index (χ1n) is 13.4. The molecule has 0 amide bonds. The Morgan fingerprint density at radius 2 is 1.90 bits per heavy atom. The zero-order chi connectivity index (χ0) is 28.9. The average Bonchev–Trinajstić information content (AvgIpc) is 3.35. The maximum absolute atomic E-state index is 13.2. The molecule has 0 bridgehead atoms. The second-order valence-corrected chi connectivity index (χ2v) is 9.44. The van der Waals surface area contributed by atoms with E-state index in [2.05, 4.69) is 10.3 Å². The minimum absolute atomic E-state index is 0.00875. The second kappa shape index (κ2) is 12.3. The number of benzene rings is 3. The highest BCUT2D eigenvalue weighted by Crippen LogP contribution is 2.45. The number of furan rings is 1. The van der Waals surface area contributed by atoms with Gasteiger partial charge < -0.3 is 34.2 Å². The molecule has 0 fully saturated rings. The van der Waals surface area contributed by atoms with E-state index in [4.69, 9.17) is 18.6 Å². The number of hydrogen-bond acceptors (Lipinski definition) is 9. The van der Waals surface area contributed by atoms with Gasteiger partial charge >= 0.3 is 5.97 Å². The number of hydrogen-bond donors (Lipinski definition) is 3. The van der Waals surface area contributed by atoms with Crippen molar-refractivity contribution in [2.24, 2.45) is 0 Å². The van der Waals surface area contributed by atoms with Gasteiger partial charge in [0.15, 0.2) is 0 Å². The lowest BCUT2D eigenvalue weighted by Crippen LogP contribution is -2.26. The van der Waals surface area contributed by atoms with Gasteiger partial charge in [-0.3, -0.25) is 0 Å². The van der Waals surface area contributed by atoms with Gasteiger partial charge in [-0.1, -0.05) is 36.4 Å². The van der Waals surface area contributed by atoms with Crippen LogP contribution < -0.4 is 14.8 Å². The highest BCUT2D eigenvalue weighted by atomic mass is 16.5. The van der Waals surface area contributed by atoms with Gasteiger partial charge in [-0.15, -0.1) is 0 Å². The molecule has 41 heavy (non-hydrogen) atoms. The van der Waals surface area contributed by atoms with Crippen molar-refractivity contribution in [3.05, 3.63) is 94.9 Å². The molecule has 0 aliphatic heterocycles. The molecule has 1 atom stereocenters. The largest absolute Gasteiger partial charge is 0.507 e. The molecule has 1 unspecified atom stereocenters. The molecule has 5 rings (SSSR count). The number of carbonyl (C=O) groups excluding carboxylic acids is 1. The number of phenolic OH excluding ortho intramolecular Hbond substituents is 1. The third-order valence-corrected chi connectivity index (χ3v) is 6.88. The maximum atomic E-state index is 13.2. The minimum Gasteiger partial charge on any atom is -0.507 e. The summed E-state index contributed by atoms with van der Waals surface area (Å²) in [6.45, 7) is 3.96. The van der Waals surface area contributed by atoms with Crippen LogP contribution in [0.25, 0.3) is 21.7 Å². The molecule has 212 valence electrons. The number of pyridine rings is 1. The van der Waals surface area contributed by atoms with Crippen LogP contribution in [0.2, 0.25) is 0 Å². The van der Waals surface area contributed by atoms with Crippen LogP contribution in [0, 0.1) is 6.92 Å². The van der Waals surface area contributed by atoms with E-state index in [-0.39, 0.29) is 37.7 Å². The summed E-state index contributed by atoms with van der Waals surface area (Å²) in [5.74, 6) is 0.924. The van der Waals surface area contributed by atoms with Gasteiger partial charge in [0.05, 0.1) is 26.4 Å². The molecule has 0 spiro atoms. The van der Waals surface area contributed by atoms with Gasteiger partial charge in [-0.05, 0) is 43.2 Å². The number of nitrogens with one attached hydrogen (secondary N) is 1. The van der Waals surface area contributed by atoms with E-state index in [1.165, 1.54) is 0 Å². The molecule has 5 aromatic rings. The van der Waals surface area contributed by atoms with Gasteiger partial charge in [0, 0.05) is 40.5 Å². The Hall–Kier alpha value is -4.60. The number of aliphatic hydroxyl groups is 1. The highest BCUT2D eigenvalue weighted by molar-refractivity contribution is 6.16. The number of rotatable bonds is 11. The van der Waals surface area contributed by atoms with Crippen LogP contribution in [0.15, 0.2) is 71.3 Å². The molecule has 3 N–H and O–H groups in total. The Morgan fingerprint density at radius 1 is 1.10 bits per heavy atom. The van der Waals surface area contributed by atoms with Crippen molar-refractivity contribution in [3.8, 4) is 17.4 Å². The van der Waals surface area contributed by atoms with E-state index in [9.17, 15) is 15.0 Å². The Balaban J connectivity index is 1.66. The van der Waals surface area contributed by atoms with Gasteiger partial charge in [-0.25, -0.2) is 9.78 Å². The molecule has 0 radical (unpaired) electrons. The molecule has 0 aliphatic carbocycles. The van der Waals surface area contributed by atoms with Crippen molar-refractivity contribution < 1.29 is 33.6 Å². The van der Waals surface area contributed by atoms with E-state index in [1.807, 2.05) is 42.5 Å². The van der Waals surface area contributed by atoms with Crippen LogP contribution in [0.3, 0.4) is 0 Å². The lowest BCUT2D eigenvalue weighted by atomic mass is 9.90. The molecule has 9 heteroatoms. The molecule has 9 nitrogen and oxygen atoms in total. The number of carbonyl (C=O) groups is 1. The lowest BCUT2D eigenvalue weighted by molar-refractivity contribution is 0.0526. The van der Waals surface area contributed by atoms with E-state index in [0.717, 1.165) is 11.3 Å². The van der Waals surface area contributed by atoms with Crippen molar-refractivity contribution in [2.75, 3.05) is 26.9 Å². The number of fused-ring (bicyclic) bond motifs is 3. The molecule has 0 saturated heterocycles. The van der Waals surface area contributed by atoms with Crippen molar-refractivity contribution >= 4 is 27.7 Å². The van der Waals surface area contributed by atoms with Crippen LogP contribution in [0.5, 0.6) is 17.4 Å². The summed E-state index contributed by atoms with van der Waals surface area (Å²) < 4.78 is 22.8. The van der Waals surface area contributed by atoms with Crippen molar-refractivity contribution in [2.45, 2.75) is 26.5 Å². The Morgan fingerprint density at radius 3 is 2.66 bits per heavy atom. The van der Waals surface area contributed by atoms with Gasteiger partial charge in [0.25, 0.3) is 0 Å². The number of aryl methyl sites for hydroxylation is 1. The molecular weight excluding hydrogens is 524 g/mol. The normalized spacial score (nSPS) is 12.0. The third kappa shape index (κ3) is 5.54. The third-order valence-electron chi connectivity index (χ3n) is 6.88. The first-order chi connectivity index (χ1) is 20.0. The van der Waals surface area contributed by atoms with Gasteiger partial charge in [0.2, 0.25) is 5.88 Å². The predicted molar refractivity (Wildman–Crippen MR) is 155 cm³/mol. The summed E-state index contributed by atoms with van der Waals surface area (Å²) in [6, 6.07) is 17.8. The summed E-state index contributed by atoms with van der Waals surface area (Å²) in [7, 11) is 1.61. The molecular formula is C32H32N2O7. The Bertz CT molecular complexity index is 1700. The Labute approximate surface area is 237 Å². The van der Waals surface area contributed by atoms with Crippen molar-refractivity contribution in [1.82, 2.24) is 10.3 Å². The van der Waals surface area contributed by atoms with Crippen LogP contribution in [0.1, 0.15) is 45.8 Å².